The maximum absolute atomic E-state index is 12.0. The van der Waals surface area contributed by atoms with E-state index in [2.05, 4.69) is 9.88 Å². The molecule has 0 amide bonds. The Morgan fingerprint density at radius 3 is 2.48 bits per heavy atom. The Hall–Kier alpha value is -1.78. The first-order valence-corrected chi connectivity index (χ1v) is 7.85. The lowest BCUT2D eigenvalue weighted by atomic mass is 10.2. The zero-order valence-electron chi connectivity index (χ0n) is 12.5. The molecule has 0 radical (unpaired) electrons. The molecule has 0 atom stereocenters. The highest BCUT2D eigenvalue weighted by molar-refractivity contribution is 5.95. The minimum absolute atomic E-state index is 0.351. The summed E-state index contributed by atoms with van der Waals surface area (Å²) in [5, 5.41) is 0. The van der Waals surface area contributed by atoms with Crippen LogP contribution >= 0.6 is 0 Å². The summed E-state index contributed by atoms with van der Waals surface area (Å²) in [7, 11) is 0. The van der Waals surface area contributed by atoms with E-state index in [0.717, 1.165) is 30.7 Å². The lowest BCUT2D eigenvalue weighted by Crippen LogP contribution is -2.29. The molecular weight excluding hydrogens is 266 g/mol. The van der Waals surface area contributed by atoms with E-state index in [4.69, 9.17) is 10.5 Å². The van der Waals surface area contributed by atoms with Gasteiger partial charge in [0.2, 0.25) is 0 Å². The van der Waals surface area contributed by atoms with Gasteiger partial charge in [0.15, 0.2) is 0 Å². The normalized spacial score (nSPS) is 17.6. The molecule has 5 nitrogen and oxygen atoms in total. The van der Waals surface area contributed by atoms with Crippen LogP contribution in [-0.2, 0) is 4.74 Å². The van der Waals surface area contributed by atoms with E-state index in [0.29, 0.717) is 17.9 Å². The number of anilines is 2. The smallest absolute Gasteiger partial charge is 0.340 e. The van der Waals surface area contributed by atoms with Crippen LogP contribution in [0.1, 0.15) is 43.0 Å². The van der Waals surface area contributed by atoms with Crippen LogP contribution < -0.4 is 10.6 Å². The topological polar surface area (TPSA) is 68.5 Å². The Morgan fingerprint density at radius 2 is 1.95 bits per heavy atom. The highest BCUT2D eigenvalue weighted by Gasteiger charge is 2.30. The molecule has 3 rings (SSSR count). The van der Waals surface area contributed by atoms with Crippen LogP contribution in [0.15, 0.2) is 12.3 Å². The van der Waals surface area contributed by atoms with E-state index in [-0.39, 0.29) is 5.97 Å². The van der Waals surface area contributed by atoms with Crippen LogP contribution in [0.2, 0.25) is 0 Å². The number of carbonyl (C=O) groups is 1. The van der Waals surface area contributed by atoms with Crippen LogP contribution in [0.4, 0.5) is 11.5 Å². The fraction of sp³-hybridized carbons (Fsp3) is 0.625. The number of nitrogens with zero attached hydrogens (tertiary/aromatic N) is 2. The highest BCUT2D eigenvalue weighted by Crippen LogP contribution is 2.35. The largest absolute Gasteiger partial charge is 0.462 e. The Kier molecular flexibility index (Phi) is 3.99. The maximum Gasteiger partial charge on any atom is 0.340 e. The molecule has 0 spiro atoms. The molecule has 1 aromatic rings. The fourth-order valence-electron chi connectivity index (χ4n) is 2.50. The summed E-state index contributed by atoms with van der Waals surface area (Å²) >= 11 is 0. The van der Waals surface area contributed by atoms with Gasteiger partial charge < -0.3 is 15.4 Å². The summed E-state index contributed by atoms with van der Waals surface area (Å²) in [6.07, 6.45) is 6.80. The molecular formula is C16H23N3O2. The number of aromatic nitrogens is 1. The Balaban J connectivity index is 1.80. The molecule has 2 saturated carbocycles. The van der Waals surface area contributed by atoms with Crippen LogP contribution in [0, 0.1) is 11.8 Å². The maximum atomic E-state index is 12.0. The van der Waals surface area contributed by atoms with Crippen LogP contribution in [0.5, 0.6) is 0 Å². The van der Waals surface area contributed by atoms with E-state index in [1.807, 2.05) is 0 Å². The van der Waals surface area contributed by atoms with Crippen LogP contribution in [0.25, 0.3) is 0 Å². The molecule has 0 unspecified atom stereocenters. The van der Waals surface area contributed by atoms with Crippen molar-refractivity contribution in [2.75, 3.05) is 30.3 Å². The number of hydrogen-bond acceptors (Lipinski definition) is 5. The highest BCUT2D eigenvalue weighted by atomic mass is 16.5. The van der Waals surface area contributed by atoms with E-state index in [9.17, 15) is 4.79 Å². The lowest BCUT2D eigenvalue weighted by Gasteiger charge is -2.24. The molecule has 0 bridgehead atoms. The SMILES string of the molecule is CCOC(=O)c1cc(N(CC2CC2)CC2CC2)ncc1N. The van der Waals surface area contributed by atoms with Gasteiger partial charge in [0.05, 0.1) is 24.1 Å². The average molecular weight is 289 g/mol. The molecule has 2 fully saturated rings. The molecule has 2 aliphatic carbocycles. The van der Waals surface area contributed by atoms with E-state index in [1.165, 1.54) is 25.7 Å². The van der Waals surface area contributed by atoms with Crippen molar-refractivity contribution < 1.29 is 9.53 Å². The van der Waals surface area contributed by atoms with Crippen molar-refractivity contribution in [2.24, 2.45) is 11.8 Å². The second-order valence-electron chi connectivity index (χ2n) is 6.14. The van der Waals surface area contributed by atoms with Crippen molar-refractivity contribution in [3.8, 4) is 0 Å². The molecule has 0 aliphatic heterocycles. The van der Waals surface area contributed by atoms with Crippen molar-refractivity contribution in [1.82, 2.24) is 4.98 Å². The van der Waals surface area contributed by atoms with Crippen LogP contribution in [-0.4, -0.2) is 30.6 Å². The number of rotatable bonds is 7. The number of nitrogen functional groups attached to an aromatic ring is 1. The van der Waals surface area contributed by atoms with Crippen molar-refractivity contribution in [3.63, 3.8) is 0 Å². The Bertz CT molecular complexity index is 510. The molecule has 0 saturated heterocycles. The molecule has 1 aromatic heterocycles. The molecule has 2 N–H and O–H groups in total. The van der Waals surface area contributed by atoms with Crippen molar-refractivity contribution in [3.05, 3.63) is 17.8 Å². The summed E-state index contributed by atoms with van der Waals surface area (Å²) in [4.78, 5) is 18.7. The van der Waals surface area contributed by atoms with Gasteiger partial charge in [0.1, 0.15) is 5.82 Å². The lowest BCUT2D eigenvalue weighted by molar-refractivity contribution is 0.0527. The van der Waals surface area contributed by atoms with Gasteiger partial charge in [-0.2, -0.15) is 0 Å². The number of esters is 1. The summed E-state index contributed by atoms with van der Waals surface area (Å²) in [6, 6.07) is 1.79. The monoisotopic (exact) mass is 289 g/mol. The standard InChI is InChI=1S/C16H23N3O2/c1-2-21-16(20)13-7-15(18-8-14(13)17)19(9-11-3-4-11)10-12-5-6-12/h7-8,11-12H,2-6,9-10,17H2,1H3. The van der Waals surface area contributed by atoms with Gasteiger partial charge >= 0.3 is 5.97 Å². The first-order valence-electron chi connectivity index (χ1n) is 7.85. The van der Waals surface area contributed by atoms with Gasteiger partial charge in [-0.25, -0.2) is 9.78 Å². The van der Waals surface area contributed by atoms with Gasteiger partial charge in [-0.1, -0.05) is 0 Å². The molecule has 2 aliphatic rings. The molecule has 0 aromatic carbocycles. The fourth-order valence-corrected chi connectivity index (χ4v) is 2.50. The van der Waals surface area contributed by atoms with Gasteiger partial charge in [0.25, 0.3) is 0 Å². The predicted molar refractivity (Wildman–Crippen MR) is 82.3 cm³/mol. The molecule has 114 valence electrons. The van der Waals surface area contributed by atoms with E-state index in [1.54, 1.807) is 19.2 Å². The summed E-state index contributed by atoms with van der Waals surface area (Å²) in [5.41, 5.74) is 6.68. The molecule has 1 heterocycles. The van der Waals surface area contributed by atoms with Crippen molar-refractivity contribution in [1.29, 1.82) is 0 Å². The third-order valence-corrected chi connectivity index (χ3v) is 4.09. The van der Waals surface area contributed by atoms with E-state index < -0.39 is 0 Å². The summed E-state index contributed by atoms with van der Waals surface area (Å²) in [6.45, 7) is 4.22. The predicted octanol–water partition coefficient (Wildman–Crippen LogP) is 2.47. The second kappa shape index (κ2) is 5.92. The van der Waals surface area contributed by atoms with Gasteiger partial charge in [-0.05, 0) is 50.5 Å². The summed E-state index contributed by atoms with van der Waals surface area (Å²) in [5.74, 6) is 2.06. The number of pyridine rings is 1. The summed E-state index contributed by atoms with van der Waals surface area (Å²) < 4.78 is 5.07. The first kappa shape index (κ1) is 14.2. The van der Waals surface area contributed by atoms with Crippen molar-refractivity contribution in [2.45, 2.75) is 32.6 Å². The van der Waals surface area contributed by atoms with E-state index >= 15 is 0 Å². The quantitative estimate of drug-likeness (QED) is 0.781. The zero-order valence-corrected chi connectivity index (χ0v) is 12.5. The third kappa shape index (κ3) is 3.65. The first-order chi connectivity index (χ1) is 10.2. The minimum Gasteiger partial charge on any atom is -0.462 e. The van der Waals surface area contributed by atoms with Crippen LogP contribution in [0.3, 0.4) is 0 Å². The van der Waals surface area contributed by atoms with Gasteiger partial charge in [0, 0.05) is 13.1 Å². The Labute approximate surface area is 125 Å². The Morgan fingerprint density at radius 1 is 1.33 bits per heavy atom. The molecule has 5 heteroatoms. The van der Waals surface area contributed by atoms with Gasteiger partial charge in [-0.15, -0.1) is 0 Å². The average Bonchev–Trinajstić information content (AvgIpc) is 3.34. The molecule has 21 heavy (non-hydrogen) atoms. The minimum atomic E-state index is -0.364. The number of nitrogens with two attached hydrogens (primary N) is 1. The second-order valence-corrected chi connectivity index (χ2v) is 6.14. The number of ether oxygens (including phenoxy) is 1. The van der Waals surface area contributed by atoms with Gasteiger partial charge in [-0.3, -0.25) is 0 Å². The third-order valence-electron chi connectivity index (χ3n) is 4.09. The van der Waals surface area contributed by atoms with Crippen molar-refractivity contribution >= 4 is 17.5 Å². The zero-order chi connectivity index (χ0) is 14.8. The number of carbonyl (C=O) groups excluding carboxylic acids is 1. The number of hydrogen-bond donors (Lipinski definition) is 1.